The van der Waals surface area contributed by atoms with Crippen LogP contribution in [0.3, 0.4) is 0 Å². The molecule has 0 aliphatic carbocycles. The van der Waals surface area contributed by atoms with Crippen molar-refractivity contribution in [2.24, 2.45) is 0 Å². The summed E-state index contributed by atoms with van der Waals surface area (Å²) in [7, 11) is 0. The van der Waals surface area contributed by atoms with Crippen LogP contribution in [0.1, 0.15) is 27.6 Å². The third kappa shape index (κ3) is 3.91. The zero-order chi connectivity index (χ0) is 21.1. The van der Waals surface area contributed by atoms with Gasteiger partial charge in [-0.25, -0.2) is 4.79 Å². The maximum Gasteiger partial charge on any atom is 0.339 e. The van der Waals surface area contributed by atoms with Crippen molar-refractivity contribution >= 4 is 44.9 Å². The van der Waals surface area contributed by atoms with E-state index in [1.165, 1.54) is 6.92 Å². The summed E-state index contributed by atoms with van der Waals surface area (Å²) in [6.07, 6.45) is 0. The molecule has 0 saturated carbocycles. The zero-order valence-corrected chi connectivity index (χ0v) is 16.3. The second kappa shape index (κ2) is 8.17. The molecule has 0 atom stereocenters. The number of carbonyl (C=O) groups excluding carboxylic acids is 3. The molecular formula is C25H19NO4. The van der Waals surface area contributed by atoms with E-state index in [0.717, 1.165) is 21.5 Å². The molecule has 0 unspecified atom stereocenters. The number of ketones is 1. The quantitative estimate of drug-likeness (QED) is 0.292. The van der Waals surface area contributed by atoms with Crippen LogP contribution in [0, 0.1) is 0 Å². The molecule has 0 saturated heterocycles. The van der Waals surface area contributed by atoms with Gasteiger partial charge in [0.15, 0.2) is 12.4 Å². The Balaban J connectivity index is 1.53. The highest BCUT2D eigenvalue weighted by atomic mass is 16.5. The monoisotopic (exact) mass is 397 g/mol. The maximum atomic E-state index is 12.9. The molecule has 0 aliphatic rings. The maximum absolute atomic E-state index is 12.9. The average molecular weight is 397 g/mol. The van der Waals surface area contributed by atoms with Crippen LogP contribution in [0.5, 0.6) is 0 Å². The molecule has 148 valence electrons. The molecule has 4 rings (SSSR count). The number of Topliss-reactive ketones (excluding diaryl/α,β-unsaturated/α-hetero) is 1. The minimum Gasteiger partial charge on any atom is -0.452 e. The van der Waals surface area contributed by atoms with Gasteiger partial charge in [0.05, 0.1) is 5.56 Å². The van der Waals surface area contributed by atoms with Gasteiger partial charge >= 0.3 is 5.97 Å². The van der Waals surface area contributed by atoms with E-state index in [9.17, 15) is 14.4 Å². The van der Waals surface area contributed by atoms with Crippen molar-refractivity contribution in [2.45, 2.75) is 6.92 Å². The number of esters is 1. The second-order valence-electron chi connectivity index (χ2n) is 6.95. The number of hydrogen-bond acceptors (Lipinski definition) is 4. The molecule has 0 heterocycles. The van der Waals surface area contributed by atoms with E-state index in [4.69, 9.17) is 4.74 Å². The first kappa shape index (κ1) is 19.3. The van der Waals surface area contributed by atoms with Gasteiger partial charge in [-0.1, -0.05) is 48.5 Å². The van der Waals surface area contributed by atoms with Gasteiger partial charge in [-0.05, 0) is 58.8 Å². The second-order valence-corrected chi connectivity index (χ2v) is 6.95. The number of benzene rings is 4. The minimum atomic E-state index is -0.551. The summed E-state index contributed by atoms with van der Waals surface area (Å²) in [5.41, 5.74) is 1.53. The number of rotatable bonds is 5. The van der Waals surface area contributed by atoms with Crippen molar-refractivity contribution in [2.75, 3.05) is 11.9 Å². The summed E-state index contributed by atoms with van der Waals surface area (Å²) in [5, 5.41) is 6.08. The highest BCUT2D eigenvalue weighted by Gasteiger charge is 2.17. The first-order valence-electron chi connectivity index (χ1n) is 9.51. The van der Waals surface area contributed by atoms with Crippen molar-refractivity contribution < 1.29 is 19.1 Å². The molecular weight excluding hydrogens is 378 g/mol. The molecule has 0 radical (unpaired) electrons. The lowest BCUT2D eigenvalue weighted by Crippen LogP contribution is -2.21. The Morgan fingerprint density at radius 2 is 1.37 bits per heavy atom. The van der Waals surface area contributed by atoms with Crippen LogP contribution in [0.4, 0.5) is 5.69 Å². The van der Waals surface area contributed by atoms with E-state index in [1.807, 2.05) is 54.6 Å². The molecule has 1 N–H and O–H groups in total. The molecule has 5 nitrogen and oxygen atoms in total. The fourth-order valence-corrected chi connectivity index (χ4v) is 3.42. The Labute approximate surface area is 173 Å². The summed E-state index contributed by atoms with van der Waals surface area (Å²) < 4.78 is 5.34. The van der Waals surface area contributed by atoms with Gasteiger partial charge in [0.1, 0.15) is 0 Å². The predicted molar refractivity (Wildman–Crippen MR) is 117 cm³/mol. The van der Waals surface area contributed by atoms with Gasteiger partial charge in [-0.15, -0.1) is 0 Å². The summed E-state index contributed by atoms with van der Waals surface area (Å²) in [5.74, 6) is -1.06. The summed E-state index contributed by atoms with van der Waals surface area (Å²) in [4.78, 5) is 36.5. The fourth-order valence-electron chi connectivity index (χ4n) is 3.42. The van der Waals surface area contributed by atoms with Crippen molar-refractivity contribution in [3.05, 3.63) is 90.0 Å². The Bertz CT molecular complexity index is 1220. The number of anilines is 1. The van der Waals surface area contributed by atoms with Gasteiger partial charge in [-0.3, -0.25) is 9.59 Å². The van der Waals surface area contributed by atoms with Crippen molar-refractivity contribution in [1.82, 2.24) is 0 Å². The van der Waals surface area contributed by atoms with Crippen LogP contribution < -0.4 is 5.32 Å². The van der Waals surface area contributed by atoms with Gasteiger partial charge in [0.2, 0.25) is 0 Å². The predicted octanol–water partition coefficient (Wildman–Crippen LogP) is 4.99. The first-order valence-corrected chi connectivity index (χ1v) is 9.51. The lowest BCUT2D eigenvalue weighted by atomic mass is 9.97. The molecule has 4 aromatic carbocycles. The summed E-state index contributed by atoms with van der Waals surface area (Å²) in [6.45, 7) is 1.06. The van der Waals surface area contributed by atoms with E-state index in [1.54, 1.807) is 24.3 Å². The number of amides is 1. The van der Waals surface area contributed by atoms with Gasteiger partial charge < -0.3 is 10.1 Å². The van der Waals surface area contributed by atoms with Crippen LogP contribution in [0.2, 0.25) is 0 Å². The summed E-state index contributed by atoms with van der Waals surface area (Å²) >= 11 is 0. The van der Waals surface area contributed by atoms with Crippen LogP contribution in [-0.2, 0) is 9.53 Å². The van der Waals surface area contributed by atoms with Crippen molar-refractivity contribution in [3.8, 4) is 0 Å². The van der Waals surface area contributed by atoms with Gasteiger partial charge in [0.25, 0.3) is 5.91 Å². The van der Waals surface area contributed by atoms with Crippen molar-refractivity contribution in [3.63, 3.8) is 0 Å². The number of nitrogens with one attached hydrogen (secondary N) is 1. The van der Waals surface area contributed by atoms with E-state index in [-0.39, 0.29) is 5.78 Å². The van der Waals surface area contributed by atoms with Crippen LogP contribution in [-0.4, -0.2) is 24.3 Å². The third-order valence-electron chi connectivity index (χ3n) is 4.88. The van der Waals surface area contributed by atoms with Gasteiger partial charge in [0, 0.05) is 11.3 Å². The topological polar surface area (TPSA) is 72.5 Å². The van der Waals surface area contributed by atoms with Crippen molar-refractivity contribution in [1.29, 1.82) is 0 Å². The van der Waals surface area contributed by atoms with Crippen LogP contribution in [0.25, 0.3) is 21.5 Å². The SMILES string of the molecule is CC(=O)c1ccc(NC(=O)COC(=O)c2c3ccccc3cc3ccccc23)cc1. The molecule has 30 heavy (non-hydrogen) atoms. The minimum absolute atomic E-state index is 0.0517. The highest BCUT2D eigenvalue weighted by Crippen LogP contribution is 2.29. The zero-order valence-electron chi connectivity index (χ0n) is 16.3. The lowest BCUT2D eigenvalue weighted by Gasteiger charge is -2.11. The van der Waals surface area contributed by atoms with Crippen LogP contribution in [0.15, 0.2) is 78.9 Å². The molecule has 5 heteroatoms. The first-order chi connectivity index (χ1) is 14.5. The molecule has 0 aromatic heterocycles. The van der Waals surface area contributed by atoms with E-state index in [0.29, 0.717) is 16.8 Å². The van der Waals surface area contributed by atoms with Gasteiger partial charge in [-0.2, -0.15) is 0 Å². The smallest absolute Gasteiger partial charge is 0.339 e. The number of fused-ring (bicyclic) bond motifs is 2. The molecule has 1 amide bonds. The lowest BCUT2D eigenvalue weighted by molar-refractivity contribution is -0.119. The normalized spacial score (nSPS) is 10.7. The Hall–Kier alpha value is -3.99. The third-order valence-corrected chi connectivity index (χ3v) is 4.88. The number of carbonyl (C=O) groups is 3. The largest absolute Gasteiger partial charge is 0.452 e. The average Bonchev–Trinajstić information content (AvgIpc) is 2.76. The molecule has 4 aromatic rings. The highest BCUT2D eigenvalue weighted by molar-refractivity contribution is 6.16. The van der Waals surface area contributed by atoms with E-state index < -0.39 is 18.5 Å². The molecule has 0 spiro atoms. The Morgan fingerprint density at radius 1 is 0.800 bits per heavy atom. The van der Waals surface area contributed by atoms with E-state index >= 15 is 0 Å². The standard InChI is InChI=1S/C25H19NO4/c1-16(27)17-10-12-20(13-11-17)26-23(28)15-30-25(29)24-21-8-4-2-6-18(21)14-19-7-3-5-9-22(19)24/h2-14H,15H2,1H3,(H,26,28). The number of ether oxygens (including phenoxy) is 1. The summed E-state index contributed by atoms with van der Waals surface area (Å²) in [6, 6.07) is 23.7. The Morgan fingerprint density at radius 3 is 1.93 bits per heavy atom. The van der Waals surface area contributed by atoms with Crippen LogP contribution >= 0.6 is 0 Å². The fraction of sp³-hybridized carbons (Fsp3) is 0.0800. The molecule has 0 bridgehead atoms. The Kier molecular flexibility index (Phi) is 5.26. The number of hydrogen-bond donors (Lipinski definition) is 1. The molecule has 0 aliphatic heterocycles. The van der Waals surface area contributed by atoms with E-state index in [2.05, 4.69) is 5.32 Å². The molecule has 0 fully saturated rings.